The minimum Gasteiger partial charge on any atom is -0.478 e. The number of carboxylic acids is 1. The molecule has 2 aromatic carbocycles. The maximum Gasteiger partial charge on any atom is 0.367 e. The van der Waals surface area contributed by atoms with Gasteiger partial charge in [0.05, 0.1) is 0 Å². The Kier molecular flexibility index (Phi) is 3.65. The molecule has 0 aliphatic heterocycles. The molecule has 0 amide bonds. The molecule has 0 aliphatic rings. The summed E-state index contributed by atoms with van der Waals surface area (Å²) >= 11 is 0. The van der Waals surface area contributed by atoms with E-state index in [1.807, 2.05) is 12.1 Å². The minimum absolute atomic E-state index is 0.0379. The summed E-state index contributed by atoms with van der Waals surface area (Å²) in [6.07, 6.45) is 0. The first-order valence-electron chi connectivity index (χ1n) is 5.14. The van der Waals surface area contributed by atoms with Gasteiger partial charge in [-0.15, -0.1) is 0 Å². The number of benzene rings is 2. The predicted molar refractivity (Wildman–Crippen MR) is 67.5 cm³/mol. The SMILES string of the molecule is CO[PH](=O)Oc1c(C(=O)O)ccc2ccccc12. The number of hydrogen-bond donors (Lipinski definition) is 1. The van der Waals surface area contributed by atoms with Gasteiger partial charge in [-0.1, -0.05) is 30.3 Å². The lowest BCUT2D eigenvalue weighted by atomic mass is 10.1. The lowest BCUT2D eigenvalue weighted by Crippen LogP contribution is -2.00. The molecule has 0 saturated carbocycles. The molecular formula is C12H11O5P. The van der Waals surface area contributed by atoms with Crippen molar-refractivity contribution >= 4 is 25.0 Å². The van der Waals surface area contributed by atoms with Crippen LogP contribution in [-0.4, -0.2) is 18.2 Å². The fraction of sp³-hybridized carbons (Fsp3) is 0.0833. The smallest absolute Gasteiger partial charge is 0.367 e. The summed E-state index contributed by atoms with van der Waals surface area (Å²) in [4.78, 5) is 11.1. The summed E-state index contributed by atoms with van der Waals surface area (Å²) in [7, 11) is -1.50. The highest BCUT2D eigenvalue weighted by atomic mass is 31.1. The number of fused-ring (bicyclic) bond motifs is 1. The molecule has 0 spiro atoms. The van der Waals surface area contributed by atoms with E-state index in [4.69, 9.17) is 9.63 Å². The summed E-state index contributed by atoms with van der Waals surface area (Å²) < 4.78 is 21.0. The average molecular weight is 266 g/mol. The third-order valence-corrected chi connectivity index (χ3v) is 3.17. The van der Waals surface area contributed by atoms with E-state index in [1.165, 1.54) is 13.2 Å². The third kappa shape index (κ3) is 2.37. The molecule has 0 aromatic heterocycles. The first-order valence-corrected chi connectivity index (χ1v) is 6.37. The van der Waals surface area contributed by atoms with Crippen LogP contribution in [0.3, 0.4) is 0 Å². The maximum absolute atomic E-state index is 11.3. The lowest BCUT2D eigenvalue weighted by Gasteiger charge is -2.10. The van der Waals surface area contributed by atoms with Crippen molar-refractivity contribution in [2.45, 2.75) is 0 Å². The van der Waals surface area contributed by atoms with Crippen molar-refractivity contribution in [3.8, 4) is 5.75 Å². The zero-order valence-electron chi connectivity index (χ0n) is 9.54. The lowest BCUT2D eigenvalue weighted by molar-refractivity contribution is 0.0695. The van der Waals surface area contributed by atoms with Crippen molar-refractivity contribution in [2.24, 2.45) is 0 Å². The molecule has 1 atom stereocenters. The van der Waals surface area contributed by atoms with Crippen molar-refractivity contribution in [3.05, 3.63) is 42.0 Å². The van der Waals surface area contributed by atoms with Gasteiger partial charge in [-0.05, 0) is 11.5 Å². The number of carbonyl (C=O) groups is 1. The highest BCUT2D eigenvalue weighted by Crippen LogP contribution is 2.36. The molecule has 0 radical (unpaired) electrons. The number of carboxylic acid groups (broad SMARTS) is 1. The molecule has 2 aromatic rings. The van der Waals surface area contributed by atoms with Crippen LogP contribution in [0.25, 0.3) is 10.8 Å². The monoisotopic (exact) mass is 266 g/mol. The first-order chi connectivity index (χ1) is 8.63. The number of aromatic carboxylic acids is 1. The Balaban J connectivity index is 2.66. The van der Waals surface area contributed by atoms with E-state index in [-0.39, 0.29) is 11.3 Å². The van der Waals surface area contributed by atoms with Crippen molar-refractivity contribution in [1.29, 1.82) is 0 Å². The van der Waals surface area contributed by atoms with Crippen LogP contribution >= 0.6 is 8.25 Å². The first kappa shape index (κ1) is 12.6. The zero-order valence-corrected chi connectivity index (χ0v) is 10.5. The average Bonchev–Trinajstić information content (AvgIpc) is 2.38. The second kappa shape index (κ2) is 5.21. The van der Waals surface area contributed by atoms with Crippen molar-refractivity contribution in [2.75, 3.05) is 7.11 Å². The van der Waals surface area contributed by atoms with Gasteiger partial charge in [0.15, 0.2) is 5.75 Å². The molecule has 94 valence electrons. The van der Waals surface area contributed by atoms with Crippen LogP contribution in [0.15, 0.2) is 36.4 Å². The van der Waals surface area contributed by atoms with Crippen LogP contribution in [0, 0.1) is 0 Å². The van der Waals surface area contributed by atoms with Gasteiger partial charge in [0.1, 0.15) is 5.56 Å². The highest BCUT2D eigenvalue weighted by molar-refractivity contribution is 7.33. The summed E-state index contributed by atoms with van der Waals surface area (Å²) in [5, 5.41) is 10.5. The second-order valence-corrected chi connectivity index (χ2v) is 4.64. The zero-order chi connectivity index (χ0) is 13.1. The van der Waals surface area contributed by atoms with Crippen LogP contribution in [0.1, 0.15) is 10.4 Å². The molecule has 0 fully saturated rings. The van der Waals surface area contributed by atoms with E-state index in [0.29, 0.717) is 5.39 Å². The van der Waals surface area contributed by atoms with Crippen LogP contribution in [0.5, 0.6) is 5.75 Å². The normalized spacial score (nSPS) is 12.3. The van der Waals surface area contributed by atoms with E-state index in [9.17, 15) is 9.36 Å². The number of hydrogen-bond acceptors (Lipinski definition) is 4. The van der Waals surface area contributed by atoms with Gasteiger partial charge in [-0.2, -0.15) is 0 Å². The van der Waals surface area contributed by atoms with Crippen molar-refractivity contribution < 1.29 is 23.5 Å². The van der Waals surface area contributed by atoms with E-state index in [1.54, 1.807) is 18.2 Å². The Bertz CT molecular complexity index is 623. The quantitative estimate of drug-likeness (QED) is 0.861. The molecule has 0 saturated heterocycles. The Morgan fingerprint density at radius 2 is 1.94 bits per heavy atom. The molecule has 18 heavy (non-hydrogen) atoms. The largest absolute Gasteiger partial charge is 0.478 e. The fourth-order valence-electron chi connectivity index (χ4n) is 1.65. The molecule has 1 unspecified atom stereocenters. The Morgan fingerprint density at radius 1 is 1.22 bits per heavy atom. The Hall–Kier alpha value is -1.84. The molecule has 0 aliphatic carbocycles. The van der Waals surface area contributed by atoms with Crippen LogP contribution < -0.4 is 4.52 Å². The standard InChI is InChI=1S/C12H11O5P/c1-16-18(15)17-11-9-5-3-2-4-8(9)6-7-10(11)12(13)14/h2-7,18H,1H3,(H,13,14). The van der Waals surface area contributed by atoms with Gasteiger partial charge in [0, 0.05) is 12.5 Å². The van der Waals surface area contributed by atoms with Gasteiger partial charge in [0.25, 0.3) is 0 Å². The van der Waals surface area contributed by atoms with E-state index >= 15 is 0 Å². The topological polar surface area (TPSA) is 72.8 Å². The Labute approximate surface area is 104 Å². The molecule has 6 heteroatoms. The molecule has 0 heterocycles. The van der Waals surface area contributed by atoms with Gasteiger partial charge in [-0.25, -0.2) is 9.36 Å². The van der Waals surface area contributed by atoms with Crippen molar-refractivity contribution in [3.63, 3.8) is 0 Å². The van der Waals surface area contributed by atoms with Crippen LogP contribution in [-0.2, 0) is 9.09 Å². The van der Waals surface area contributed by atoms with E-state index in [0.717, 1.165) is 5.39 Å². The van der Waals surface area contributed by atoms with Crippen molar-refractivity contribution in [1.82, 2.24) is 0 Å². The van der Waals surface area contributed by atoms with Crippen LogP contribution in [0.4, 0.5) is 0 Å². The summed E-state index contributed by atoms with van der Waals surface area (Å²) in [6.45, 7) is 0. The Morgan fingerprint density at radius 3 is 2.61 bits per heavy atom. The predicted octanol–water partition coefficient (Wildman–Crippen LogP) is 2.95. The van der Waals surface area contributed by atoms with Gasteiger partial charge in [0.2, 0.25) is 0 Å². The highest BCUT2D eigenvalue weighted by Gasteiger charge is 2.16. The molecule has 1 N–H and O–H groups in total. The van der Waals surface area contributed by atoms with Gasteiger partial charge >= 0.3 is 14.2 Å². The second-order valence-electron chi connectivity index (χ2n) is 3.52. The molecule has 5 nitrogen and oxygen atoms in total. The summed E-state index contributed by atoms with van der Waals surface area (Å²) in [5.41, 5.74) is -0.0379. The maximum atomic E-state index is 11.3. The number of rotatable bonds is 4. The third-order valence-electron chi connectivity index (χ3n) is 2.46. The van der Waals surface area contributed by atoms with E-state index in [2.05, 4.69) is 4.52 Å². The molecule has 0 bridgehead atoms. The molecule has 2 rings (SSSR count). The summed E-state index contributed by atoms with van der Waals surface area (Å²) in [5.74, 6) is -1.06. The molecular weight excluding hydrogens is 255 g/mol. The summed E-state index contributed by atoms with van der Waals surface area (Å²) in [6, 6.07) is 10.2. The van der Waals surface area contributed by atoms with Gasteiger partial charge in [-0.3, -0.25) is 0 Å². The van der Waals surface area contributed by atoms with Gasteiger partial charge < -0.3 is 14.2 Å². The fourth-order valence-corrected chi connectivity index (χ4v) is 2.12. The van der Waals surface area contributed by atoms with Crippen LogP contribution in [0.2, 0.25) is 0 Å². The van der Waals surface area contributed by atoms with E-state index < -0.39 is 14.2 Å². The minimum atomic E-state index is -2.74.